The van der Waals surface area contributed by atoms with Gasteiger partial charge in [-0.3, -0.25) is 24.6 Å². The molecular formula is C26H29N3O7. The fourth-order valence-electron chi connectivity index (χ4n) is 4.45. The van der Waals surface area contributed by atoms with Crippen molar-refractivity contribution in [2.75, 3.05) is 46.0 Å². The molecule has 190 valence electrons. The first-order valence-corrected chi connectivity index (χ1v) is 12.0. The van der Waals surface area contributed by atoms with Gasteiger partial charge in [0.05, 0.1) is 36.4 Å². The van der Waals surface area contributed by atoms with Crippen LogP contribution < -0.4 is 4.74 Å². The highest BCUT2D eigenvalue weighted by Gasteiger charge is 2.46. The number of rotatable bonds is 9. The van der Waals surface area contributed by atoms with Crippen LogP contribution in [-0.2, 0) is 14.3 Å². The number of ketones is 1. The second-order valence-electron chi connectivity index (χ2n) is 8.67. The van der Waals surface area contributed by atoms with Crippen molar-refractivity contribution >= 4 is 23.1 Å². The molecule has 1 amide bonds. The van der Waals surface area contributed by atoms with Crippen molar-refractivity contribution in [2.24, 2.45) is 0 Å². The van der Waals surface area contributed by atoms with Gasteiger partial charge in [0.15, 0.2) is 0 Å². The molecule has 2 aliphatic heterocycles. The number of Topliss-reactive ketones (excluding diaryl/α,β-unsaturated/α-hetero) is 1. The summed E-state index contributed by atoms with van der Waals surface area (Å²) in [5.41, 5.74) is 0.437. The predicted molar refractivity (Wildman–Crippen MR) is 132 cm³/mol. The number of hydrogen-bond donors (Lipinski definition) is 1. The van der Waals surface area contributed by atoms with Gasteiger partial charge in [-0.2, -0.15) is 0 Å². The summed E-state index contributed by atoms with van der Waals surface area (Å²) in [6.45, 7) is 5.76. The lowest BCUT2D eigenvalue weighted by molar-refractivity contribution is -0.384. The van der Waals surface area contributed by atoms with Crippen LogP contribution in [0.4, 0.5) is 5.69 Å². The molecule has 2 saturated heterocycles. The SMILES string of the molecule is CCCOc1cccc(C(O)=C2C(=O)C(=O)N(CCN3CCOCC3)C2c2cccc([N+](=O)[O-])c2)c1. The molecule has 1 N–H and O–H groups in total. The molecule has 0 spiro atoms. The van der Waals surface area contributed by atoms with Crippen molar-refractivity contribution in [3.63, 3.8) is 0 Å². The maximum Gasteiger partial charge on any atom is 0.295 e. The average molecular weight is 496 g/mol. The minimum atomic E-state index is -0.967. The number of aliphatic hydroxyl groups excluding tert-OH is 1. The van der Waals surface area contributed by atoms with E-state index in [9.17, 15) is 24.8 Å². The normalized spacial score (nSPS) is 20.0. The first kappa shape index (κ1) is 25.3. The van der Waals surface area contributed by atoms with Gasteiger partial charge in [0.2, 0.25) is 0 Å². The van der Waals surface area contributed by atoms with E-state index in [1.165, 1.54) is 23.1 Å². The zero-order valence-electron chi connectivity index (χ0n) is 20.1. The van der Waals surface area contributed by atoms with Crippen LogP contribution in [0.15, 0.2) is 54.1 Å². The Morgan fingerprint density at radius 2 is 1.89 bits per heavy atom. The lowest BCUT2D eigenvalue weighted by Gasteiger charge is -2.31. The number of carbonyl (C=O) groups excluding carboxylic acids is 2. The van der Waals surface area contributed by atoms with Gasteiger partial charge >= 0.3 is 0 Å². The third-order valence-electron chi connectivity index (χ3n) is 6.28. The number of nitrogens with zero attached hydrogens (tertiary/aromatic N) is 3. The molecular weight excluding hydrogens is 466 g/mol. The second kappa shape index (κ2) is 11.3. The molecule has 36 heavy (non-hydrogen) atoms. The van der Waals surface area contributed by atoms with Crippen molar-refractivity contribution in [3.8, 4) is 5.75 Å². The van der Waals surface area contributed by atoms with Crippen LogP contribution in [0.5, 0.6) is 5.75 Å². The first-order chi connectivity index (χ1) is 17.4. The number of aliphatic hydroxyl groups is 1. The number of likely N-dealkylation sites (tertiary alicyclic amines) is 1. The Bertz CT molecular complexity index is 1170. The number of nitro groups is 1. The number of morpholine rings is 1. The molecule has 4 rings (SSSR count). The molecule has 1 unspecified atom stereocenters. The van der Waals surface area contributed by atoms with Gasteiger partial charge in [-0.15, -0.1) is 0 Å². The van der Waals surface area contributed by atoms with E-state index in [0.29, 0.717) is 56.3 Å². The van der Waals surface area contributed by atoms with Gasteiger partial charge in [0.1, 0.15) is 11.5 Å². The highest BCUT2D eigenvalue weighted by Crippen LogP contribution is 2.40. The lowest BCUT2D eigenvalue weighted by Crippen LogP contribution is -2.42. The van der Waals surface area contributed by atoms with Crippen LogP contribution in [0.2, 0.25) is 0 Å². The van der Waals surface area contributed by atoms with Crippen LogP contribution >= 0.6 is 0 Å². The largest absolute Gasteiger partial charge is 0.507 e. The number of carbonyl (C=O) groups is 2. The van der Waals surface area contributed by atoms with Crippen molar-refractivity contribution in [2.45, 2.75) is 19.4 Å². The van der Waals surface area contributed by atoms with E-state index in [1.54, 1.807) is 30.3 Å². The Labute approximate surface area is 208 Å². The average Bonchev–Trinajstić information content (AvgIpc) is 3.16. The third kappa shape index (κ3) is 5.39. The smallest absolute Gasteiger partial charge is 0.295 e. The highest BCUT2D eigenvalue weighted by atomic mass is 16.6. The zero-order chi connectivity index (χ0) is 25.7. The molecule has 10 nitrogen and oxygen atoms in total. The minimum Gasteiger partial charge on any atom is -0.507 e. The molecule has 10 heteroatoms. The fraction of sp³-hybridized carbons (Fsp3) is 0.385. The standard InChI is InChI=1S/C26H29N3O7/c1-2-13-36-21-8-4-6-19(17-21)24(30)22-23(18-5-3-7-20(16-18)29(33)34)28(26(32)25(22)31)10-9-27-11-14-35-15-12-27/h3-8,16-17,23,30H,2,9-15H2,1H3. The van der Waals surface area contributed by atoms with Crippen LogP contribution in [0.25, 0.3) is 5.76 Å². The summed E-state index contributed by atoms with van der Waals surface area (Å²) >= 11 is 0. The first-order valence-electron chi connectivity index (χ1n) is 12.0. The molecule has 0 bridgehead atoms. The Kier molecular flexibility index (Phi) is 7.97. The fourth-order valence-corrected chi connectivity index (χ4v) is 4.45. The van der Waals surface area contributed by atoms with Gasteiger partial charge in [-0.1, -0.05) is 31.2 Å². The molecule has 0 aromatic heterocycles. The summed E-state index contributed by atoms with van der Waals surface area (Å²) in [7, 11) is 0. The summed E-state index contributed by atoms with van der Waals surface area (Å²) in [4.78, 5) is 40.8. The van der Waals surface area contributed by atoms with Gasteiger partial charge in [-0.05, 0) is 24.1 Å². The van der Waals surface area contributed by atoms with Crippen molar-refractivity contribution in [1.82, 2.24) is 9.80 Å². The minimum absolute atomic E-state index is 0.102. The topological polar surface area (TPSA) is 122 Å². The summed E-state index contributed by atoms with van der Waals surface area (Å²) in [6, 6.07) is 11.5. The second-order valence-corrected chi connectivity index (χ2v) is 8.67. The van der Waals surface area contributed by atoms with Crippen molar-refractivity contribution < 1.29 is 29.1 Å². The molecule has 2 aliphatic rings. The van der Waals surface area contributed by atoms with E-state index in [4.69, 9.17) is 9.47 Å². The highest BCUT2D eigenvalue weighted by molar-refractivity contribution is 6.46. The van der Waals surface area contributed by atoms with Crippen LogP contribution in [0.3, 0.4) is 0 Å². The molecule has 2 heterocycles. The number of ether oxygens (including phenoxy) is 2. The van der Waals surface area contributed by atoms with Crippen LogP contribution in [-0.4, -0.2) is 77.5 Å². The Hall–Kier alpha value is -3.76. The number of hydrogen-bond acceptors (Lipinski definition) is 8. The third-order valence-corrected chi connectivity index (χ3v) is 6.28. The van der Waals surface area contributed by atoms with Gasteiger partial charge < -0.3 is 19.5 Å². The van der Waals surface area contributed by atoms with Crippen LogP contribution in [0, 0.1) is 10.1 Å². The van der Waals surface area contributed by atoms with Gasteiger partial charge in [-0.25, -0.2) is 0 Å². The van der Waals surface area contributed by atoms with Crippen LogP contribution in [0.1, 0.15) is 30.5 Å². The van der Waals surface area contributed by atoms with E-state index < -0.39 is 22.7 Å². The van der Waals surface area contributed by atoms with E-state index in [0.717, 1.165) is 6.42 Å². The molecule has 2 fully saturated rings. The maximum atomic E-state index is 13.2. The number of amides is 1. The predicted octanol–water partition coefficient (Wildman–Crippen LogP) is 3.14. The molecule has 1 atom stereocenters. The summed E-state index contributed by atoms with van der Waals surface area (Å²) < 4.78 is 11.0. The van der Waals surface area contributed by atoms with Crippen molar-refractivity contribution in [1.29, 1.82) is 0 Å². The molecule has 0 aliphatic carbocycles. The monoisotopic (exact) mass is 495 g/mol. The number of benzene rings is 2. The summed E-state index contributed by atoms with van der Waals surface area (Å²) in [5, 5.41) is 22.7. The Morgan fingerprint density at radius 1 is 1.14 bits per heavy atom. The zero-order valence-corrected chi connectivity index (χ0v) is 20.1. The molecule has 2 aromatic rings. The van der Waals surface area contributed by atoms with Crippen molar-refractivity contribution in [3.05, 3.63) is 75.3 Å². The summed E-state index contributed by atoms with van der Waals surface area (Å²) in [6.07, 6.45) is 0.803. The Balaban J connectivity index is 1.75. The number of non-ortho nitro benzene ring substituents is 1. The summed E-state index contributed by atoms with van der Waals surface area (Å²) in [5.74, 6) is -1.40. The van der Waals surface area contributed by atoms with Gasteiger partial charge in [0, 0.05) is 43.9 Å². The van der Waals surface area contributed by atoms with Gasteiger partial charge in [0.25, 0.3) is 17.4 Å². The molecule has 0 saturated carbocycles. The quantitative estimate of drug-likeness (QED) is 0.185. The van der Waals surface area contributed by atoms with E-state index in [-0.39, 0.29) is 23.6 Å². The Morgan fingerprint density at radius 3 is 2.61 bits per heavy atom. The molecule has 2 aromatic carbocycles. The lowest BCUT2D eigenvalue weighted by atomic mass is 9.95. The van der Waals surface area contributed by atoms with E-state index in [1.807, 2.05) is 6.92 Å². The molecule has 0 radical (unpaired) electrons. The number of nitro benzene ring substituents is 1. The van der Waals surface area contributed by atoms with E-state index in [2.05, 4.69) is 4.90 Å². The van der Waals surface area contributed by atoms with E-state index >= 15 is 0 Å². The maximum absolute atomic E-state index is 13.2.